The lowest BCUT2D eigenvalue weighted by molar-refractivity contribution is 0.300. The maximum absolute atomic E-state index is 5.82. The molecular weight excluding hydrogens is 314 g/mol. The number of hydrogen-bond acceptors (Lipinski definition) is 2. The minimum atomic E-state index is 0.371. The molecule has 1 heterocycles. The highest BCUT2D eigenvalue weighted by Gasteiger charge is 2.21. The topological polar surface area (TPSA) is 21.3 Å². The van der Waals surface area contributed by atoms with Gasteiger partial charge in [0.05, 0.1) is 6.61 Å². The maximum Gasteiger partial charge on any atom is 0.125 e. The number of ether oxygens (including phenoxy) is 1. The van der Waals surface area contributed by atoms with Crippen molar-refractivity contribution in [2.75, 3.05) is 19.7 Å². The van der Waals surface area contributed by atoms with Gasteiger partial charge in [0.2, 0.25) is 0 Å². The zero-order chi connectivity index (χ0) is 14.6. The lowest BCUT2D eigenvalue weighted by Gasteiger charge is -2.25. The normalized spacial score (nSPS) is 14.2. The molecule has 1 aromatic carbocycles. The molecule has 112 valence electrons. The van der Waals surface area contributed by atoms with Gasteiger partial charge in [0.1, 0.15) is 5.75 Å². The molecule has 0 amide bonds. The zero-order valence-corrected chi connectivity index (χ0v) is 14.5. The molecule has 20 heavy (non-hydrogen) atoms. The van der Waals surface area contributed by atoms with E-state index in [1.54, 1.807) is 0 Å². The van der Waals surface area contributed by atoms with Crippen molar-refractivity contribution in [2.24, 2.45) is 5.41 Å². The van der Waals surface area contributed by atoms with Crippen LogP contribution in [0.5, 0.6) is 5.75 Å². The second kappa shape index (κ2) is 6.95. The van der Waals surface area contributed by atoms with E-state index in [2.05, 4.69) is 54.2 Å². The Hall–Kier alpha value is -0.540. The van der Waals surface area contributed by atoms with E-state index in [-0.39, 0.29) is 0 Å². The molecule has 2 rings (SSSR count). The van der Waals surface area contributed by atoms with Crippen LogP contribution in [0.2, 0.25) is 0 Å². The SMILES string of the molecule is CCNCCC(C)(C)CCc1cc(Br)cc2c1OCC2. The summed E-state index contributed by atoms with van der Waals surface area (Å²) >= 11 is 3.62. The van der Waals surface area contributed by atoms with Crippen molar-refractivity contribution in [3.8, 4) is 5.75 Å². The van der Waals surface area contributed by atoms with Gasteiger partial charge in [0.25, 0.3) is 0 Å². The van der Waals surface area contributed by atoms with Crippen LogP contribution in [0, 0.1) is 5.41 Å². The Morgan fingerprint density at radius 1 is 1.30 bits per heavy atom. The van der Waals surface area contributed by atoms with Gasteiger partial charge in [-0.05, 0) is 61.0 Å². The third-order valence-corrected chi connectivity index (χ3v) is 4.58. The number of rotatable bonds is 7. The number of fused-ring (bicyclic) bond motifs is 1. The molecule has 1 aromatic rings. The van der Waals surface area contributed by atoms with Crippen molar-refractivity contribution in [1.82, 2.24) is 5.32 Å². The molecule has 1 aliphatic heterocycles. The van der Waals surface area contributed by atoms with Crippen LogP contribution >= 0.6 is 15.9 Å². The lowest BCUT2D eigenvalue weighted by atomic mass is 9.83. The summed E-state index contributed by atoms with van der Waals surface area (Å²) in [4.78, 5) is 0. The van der Waals surface area contributed by atoms with E-state index in [9.17, 15) is 0 Å². The highest BCUT2D eigenvalue weighted by molar-refractivity contribution is 9.10. The molecule has 0 spiro atoms. The van der Waals surface area contributed by atoms with Crippen LogP contribution in [0.15, 0.2) is 16.6 Å². The highest BCUT2D eigenvalue weighted by atomic mass is 79.9. The Bertz CT molecular complexity index is 457. The van der Waals surface area contributed by atoms with Gasteiger partial charge in [-0.15, -0.1) is 0 Å². The van der Waals surface area contributed by atoms with Gasteiger partial charge in [-0.2, -0.15) is 0 Å². The molecule has 0 atom stereocenters. The highest BCUT2D eigenvalue weighted by Crippen LogP contribution is 2.36. The van der Waals surface area contributed by atoms with Crippen LogP contribution < -0.4 is 10.1 Å². The first kappa shape index (κ1) is 15.8. The Labute approximate surface area is 131 Å². The average molecular weight is 340 g/mol. The fraction of sp³-hybridized carbons (Fsp3) is 0.647. The Morgan fingerprint density at radius 2 is 2.10 bits per heavy atom. The van der Waals surface area contributed by atoms with Crippen molar-refractivity contribution in [3.05, 3.63) is 27.7 Å². The van der Waals surface area contributed by atoms with E-state index in [4.69, 9.17) is 4.74 Å². The number of aryl methyl sites for hydroxylation is 1. The summed E-state index contributed by atoms with van der Waals surface area (Å²) in [7, 11) is 0. The Kier molecular flexibility index (Phi) is 5.50. The van der Waals surface area contributed by atoms with E-state index in [0.29, 0.717) is 5.41 Å². The van der Waals surface area contributed by atoms with Crippen LogP contribution in [0.4, 0.5) is 0 Å². The molecule has 0 fully saturated rings. The average Bonchev–Trinajstić information content (AvgIpc) is 2.84. The van der Waals surface area contributed by atoms with Crippen molar-refractivity contribution in [1.29, 1.82) is 0 Å². The second-order valence-corrected chi connectivity index (χ2v) is 7.34. The predicted molar refractivity (Wildman–Crippen MR) is 88.6 cm³/mol. The minimum absolute atomic E-state index is 0.371. The third kappa shape index (κ3) is 4.23. The van der Waals surface area contributed by atoms with Gasteiger partial charge in [-0.25, -0.2) is 0 Å². The summed E-state index contributed by atoms with van der Waals surface area (Å²) in [6.45, 7) is 9.89. The van der Waals surface area contributed by atoms with Gasteiger partial charge in [0.15, 0.2) is 0 Å². The number of hydrogen-bond donors (Lipinski definition) is 1. The molecule has 2 nitrogen and oxygen atoms in total. The van der Waals surface area contributed by atoms with Crippen molar-refractivity contribution in [2.45, 2.75) is 46.5 Å². The van der Waals surface area contributed by atoms with Gasteiger partial charge in [-0.3, -0.25) is 0 Å². The first-order chi connectivity index (χ1) is 9.52. The maximum atomic E-state index is 5.82. The van der Waals surface area contributed by atoms with Gasteiger partial charge >= 0.3 is 0 Å². The molecule has 1 aliphatic rings. The van der Waals surface area contributed by atoms with E-state index in [0.717, 1.165) is 38.3 Å². The largest absolute Gasteiger partial charge is 0.493 e. The van der Waals surface area contributed by atoms with Crippen LogP contribution in [0.3, 0.4) is 0 Å². The molecule has 0 bridgehead atoms. The number of halogens is 1. The summed E-state index contributed by atoms with van der Waals surface area (Å²) in [6, 6.07) is 4.42. The summed E-state index contributed by atoms with van der Waals surface area (Å²) in [5.74, 6) is 1.15. The molecule has 0 saturated carbocycles. The second-order valence-electron chi connectivity index (χ2n) is 6.42. The van der Waals surface area contributed by atoms with E-state index >= 15 is 0 Å². The standard InChI is InChI=1S/C17H26BrNO/c1-4-19-9-8-17(2,3)7-5-13-11-15(18)12-14-6-10-20-16(13)14/h11-12,19H,4-10H2,1-3H3. The predicted octanol–water partition coefficient (Wildman–Crippen LogP) is 4.34. The van der Waals surface area contributed by atoms with E-state index in [1.165, 1.54) is 28.4 Å². The van der Waals surface area contributed by atoms with Crippen molar-refractivity contribution in [3.63, 3.8) is 0 Å². The van der Waals surface area contributed by atoms with Crippen molar-refractivity contribution >= 4 is 15.9 Å². The molecule has 0 unspecified atom stereocenters. The summed E-state index contributed by atoms with van der Waals surface area (Å²) in [5, 5.41) is 3.42. The first-order valence-electron chi connectivity index (χ1n) is 7.66. The fourth-order valence-electron chi connectivity index (χ4n) is 2.73. The summed E-state index contributed by atoms with van der Waals surface area (Å²) in [5.41, 5.74) is 3.10. The first-order valence-corrected chi connectivity index (χ1v) is 8.46. The molecule has 0 saturated heterocycles. The number of nitrogens with one attached hydrogen (secondary N) is 1. The monoisotopic (exact) mass is 339 g/mol. The molecule has 0 aromatic heterocycles. The van der Waals surface area contributed by atoms with E-state index in [1.807, 2.05) is 0 Å². The molecule has 1 N–H and O–H groups in total. The summed E-state index contributed by atoms with van der Waals surface area (Å²) in [6.07, 6.45) is 4.56. The zero-order valence-electron chi connectivity index (χ0n) is 12.9. The van der Waals surface area contributed by atoms with Crippen LogP contribution in [-0.2, 0) is 12.8 Å². The lowest BCUT2D eigenvalue weighted by Crippen LogP contribution is -2.22. The van der Waals surface area contributed by atoms with Crippen LogP contribution in [-0.4, -0.2) is 19.7 Å². The smallest absolute Gasteiger partial charge is 0.125 e. The quantitative estimate of drug-likeness (QED) is 0.746. The van der Waals surface area contributed by atoms with Gasteiger partial charge < -0.3 is 10.1 Å². The third-order valence-electron chi connectivity index (χ3n) is 4.13. The fourth-order valence-corrected chi connectivity index (χ4v) is 3.29. The van der Waals surface area contributed by atoms with Gasteiger partial charge in [0, 0.05) is 10.9 Å². The Morgan fingerprint density at radius 3 is 2.85 bits per heavy atom. The van der Waals surface area contributed by atoms with Crippen LogP contribution in [0.1, 0.15) is 44.7 Å². The molecule has 3 heteroatoms. The minimum Gasteiger partial charge on any atom is -0.493 e. The molecule has 0 aliphatic carbocycles. The molecule has 0 radical (unpaired) electrons. The van der Waals surface area contributed by atoms with Crippen molar-refractivity contribution < 1.29 is 4.74 Å². The number of benzene rings is 1. The van der Waals surface area contributed by atoms with Gasteiger partial charge in [-0.1, -0.05) is 36.7 Å². The van der Waals surface area contributed by atoms with Crippen LogP contribution in [0.25, 0.3) is 0 Å². The summed E-state index contributed by atoms with van der Waals surface area (Å²) < 4.78 is 7.00. The molecular formula is C17H26BrNO. The van der Waals surface area contributed by atoms with E-state index < -0.39 is 0 Å². The Balaban J connectivity index is 1.97.